The first-order valence-corrected chi connectivity index (χ1v) is 5.34. The van der Waals surface area contributed by atoms with Gasteiger partial charge in [0.2, 0.25) is 0 Å². The van der Waals surface area contributed by atoms with Crippen LogP contribution in [0.3, 0.4) is 0 Å². The van der Waals surface area contributed by atoms with E-state index < -0.39 is 5.97 Å². The highest BCUT2D eigenvalue weighted by molar-refractivity contribution is 5.80. The fraction of sp³-hybridized carbons (Fsp3) is 0.0667. The Balaban J connectivity index is 0. The minimum Gasteiger partial charge on any atom is -0.478 e. The van der Waals surface area contributed by atoms with Crippen LogP contribution in [0.15, 0.2) is 74.0 Å². The maximum atomic E-state index is 9.75. The molecule has 4 heteroatoms. The molecule has 0 saturated heterocycles. The number of carboxylic acid groups (broad SMARTS) is 1. The van der Waals surface area contributed by atoms with Gasteiger partial charge in [0.05, 0.1) is 6.26 Å². The first-order valence-electron chi connectivity index (χ1n) is 5.34. The molecule has 0 spiro atoms. The Morgan fingerprint density at radius 3 is 1.58 bits per heavy atom. The highest BCUT2D eigenvalue weighted by atomic mass is 16.5. The molecule has 1 aromatic rings. The molecule has 0 aromatic heterocycles. The number of esters is 1. The lowest BCUT2D eigenvalue weighted by Crippen LogP contribution is -1.87. The maximum Gasteiger partial charge on any atom is 0.328 e. The van der Waals surface area contributed by atoms with E-state index >= 15 is 0 Å². The van der Waals surface area contributed by atoms with Crippen molar-refractivity contribution < 1.29 is 19.4 Å². The third-order valence-corrected chi connectivity index (χ3v) is 1.29. The van der Waals surface area contributed by atoms with E-state index in [-0.39, 0.29) is 5.97 Å². The van der Waals surface area contributed by atoms with Gasteiger partial charge in [0.1, 0.15) is 0 Å². The maximum absolute atomic E-state index is 9.75. The van der Waals surface area contributed by atoms with E-state index in [9.17, 15) is 9.59 Å². The normalized spacial score (nSPS) is 8.05. The van der Waals surface area contributed by atoms with Gasteiger partial charge in [-0.25, -0.2) is 4.79 Å². The molecule has 0 saturated carbocycles. The van der Waals surface area contributed by atoms with Crippen molar-refractivity contribution in [3.63, 3.8) is 0 Å². The van der Waals surface area contributed by atoms with Crippen LogP contribution in [-0.2, 0) is 14.3 Å². The van der Waals surface area contributed by atoms with Crippen molar-refractivity contribution in [1.29, 1.82) is 0 Å². The van der Waals surface area contributed by atoms with Gasteiger partial charge in [0.25, 0.3) is 0 Å². The van der Waals surface area contributed by atoms with Crippen LogP contribution in [0.5, 0.6) is 0 Å². The minimum absolute atomic E-state index is 0.329. The van der Waals surface area contributed by atoms with Crippen LogP contribution in [0.1, 0.15) is 6.92 Å². The Hall–Kier alpha value is -2.62. The average molecular weight is 262 g/mol. The lowest BCUT2D eigenvalue weighted by Gasteiger charge is -1.83. The Bertz CT molecular complexity index is 367. The van der Waals surface area contributed by atoms with E-state index in [0.29, 0.717) is 0 Å². The molecule has 102 valence electrons. The molecule has 0 heterocycles. The summed E-state index contributed by atoms with van der Waals surface area (Å²) in [4.78, 5) is 19.4. The van der Waals surface area contributed by atoms with Gasteiger partial charge in [-0.2, -0.15) is 0 Å². The van der Waals surface area contributed by atoms with Crippen LogP contribution < -0.4 is 0 Å². The van der Waals surface area contributed by atoms with Gasteiger partial charge in [0, 0.05) is 13.0 Å². The number of rotatable bonds is 3. The number of hydrogen-bond acceptors (Lipinski definition) is 3. The van der Waals surface area contributed by atoms with Gasteiger partial charge in [-0.1, -0.05) is 61.7 Å². The minimum atomic E-state index is -0.945. The number of aliphatic carboxylic acids is 1. The molecule has 19 heavy (non-hydrogen) atoms. The van der Waals surface area contributed by atoms with Gasteiger partial charge < -0.3 is 9.84 Å². The topological polar surface area (TPSA) is 63.6 Å². The fourth-order valence-corrected chi connectivity index (χ4v) is 0.653. The second kappa shape index (κ2) is 15.4. The molecule has 0 aliphatic heterocycles. The van der Waals surface area contributed by atoms with Crippen molar-refractivity contribution in [2.75, 3.05) is 0 Å². The molecule has 1 N–H and O–H groups in total. The summed E-state index contributed by atoms with van der Waals surface area (Å²) >= 11 is 0. The van der Waals surface area contributed by atoms with E-state index in [1.165, 1.54) is 19.1 Å². The van der Waals surface area contributed by atoms with Crippen LogP contribution >= 0.6 is 0 Å². The zero-order chi connectivity index (χ0) is 14.9. The standard InChI is InChI=1S/C6H6.C5H6O2.C4H6O2/c1-2-4-6-5-3-1;1-2-3-4-5(6)7;1-3-6-4(2)5/h1-6H;2-4H,1H2,(H,6,7);3H,1H2,2H3. The van der Waals surface area contributed by atoms with Crippen molar-refractivity contribution in [2.24, 2.45) is 0 Å². The fourth-order valence-electron chi connectivity index (χ4n) is 0.653. The average Bonchev–Trinajstić information content (AvgIpc) is 2.39. The summed E-state index contributed by atoms with van der Waals surface area (Å²) in [7, 11) is 0. The Labute approximate surface area is 113 Å². The van der Waals surface area contributed by atoms with E-state index in [1.807, 2.05) is 36.4 Å². The monoisotopic (exact) mass is 262 g/mol. The zero-order valence-electron chi connectivity index (χ0n) is 10.9. The van der Waals surface area contributed by atoms with Crippen molar-refractivity contribution >= 4 is 11.9 Å². The third-order valence-electron chi connectivity index (χ3n) is 1.29. The third kappa shape index (κ3) is 25.6. The number of carbonyl (C=O) groups excluding carboxylic acids is 1. The van der Waals surface area contributed by atoms with Gasteiger partial charge in [-0.15, -0.1) is 0 Å². The molecular formula is C15H18O4. The highest BCUT2D eigenvalue weighted by Gasteiger charge is 1.79. The van der Waals surface area contributed by atoms with Gasteiger partial charge in [-0.05, 0) is 0 Å². The van der Waals surface area contributed by atoms with Crippen LogP contribution in [0.2, 0.25) is 0 Å². The Morgan fingerprint density at radius 2 is 1.47 bits per heavy atom. The number of carboxylic acids is 1. The SMILES string of the molecule is C=CC=CC(=O)O.C=COC(C)=O.c1ccccc1. The molecule has 0 aliphatic rings. The van der Waals surface area contributed by atoms with Gasteiger partial charge in [-0.3, -0.25) is 4.79 Å². The summed E-state index contributed by atoms with van der Waals surface area (Å²) in [5.74, 6) is -1.27. The van der Waals surface area contributed by atoms with Crippen molar-refractivity contribution in [3.8, 4) is 0 Å². The smallest absolute Gasteiger partial charge is 0.328 e. The lowest BCUT2D eigenvalue weighted by atomic mass is 10.4. The predicted molar refractivity (Wildman–Crippen MR) is 75.4 cm³/mol. The van der Waals surface area contributed by atoms with Crippen LogP contribution in [-0.4, -0.2) is 17.0 Å². The number of ether oxygens (including phenoxy) is 1. The number of hydrogen-bond donors (Lipinski definition) is 1. The zero-order valence-corrected chi connectivity index (χ0v) is 10.9. The Morgan fingerprint density at radius 1 is 1.05 bits per heavy atom. The molecule has 0 radical (unpaired) electrons. The first-order chi connectivity index (χ1) is 9.04. The molecule has 0 bridgehead atoms. The van der Waals surface area contributed by atoms with E-state index in [0.717, 1.165) is 12.3 Å². The molecular weight excluding hydrogens is 244 g/mol. The number of carbonyl (C=O) groups is 2. The van der Waals surface area contributed by atoms with E-state index in [4.69, 9.17) is 5.11 Å². The van der Waals surface area contributed by atoms with Gasteiger partial charge in [0.15, 0.2) is 0 Å². The van der Waals surface area contributed by atoms with Crippen molar-refractivity contribution in [1.82, 2.24) is 0 Å². The molecule has 0 atom stereocenters. The molecule has 4 nitrogen and oxygen atoms in total. The molecule has 0 fully saturated rings. The molecule has 1 rings (SSSR count). The van der Waals surface area contributed by atoms with E-state index in [2.05, 4.69) is 17.9 Å². The first kappa shape index (κ1) is 18.7. The quantitative estimate of drug-likeness (QED) is 0.393. The summed E-state index contributed by atoms with van der Waals surface area (Å²) in [5.41, 5.74) is 0. The summed E-state index contributed by atoms with van der Waals surface area (Å²) in [6.07, 6.45) is 4.89. The summed E-state index contributed by atoms with van der Waals surface area (Å²) in [6.45, 7) is 7.76. The second-order valence-corrected chi connectivity index (χ2v) is 2.86. The number of allylic oxidation sites excluding steroid dienone is 2. The van der Waals surface area contributed by atoms with Gasteiger partial charge >= 0.3 is 11.9 Å². The molecule has 0 aliphatic carbocycles. The highest BCUT2D eigenvalue weighted by Crippen LogP contribution is 1.79. The van der Waals surface area contributed by atoms with Crippen molar-refractivity contribution in [2.45, 2.75) is 6.92 Å². The predicted octanol–water partition coefficient (Wildman–Crippen LogP) is 3.19. The molecule has 1 aromatic carbocycles. The second-order valence-electron chi connectivity index (χ2n) is 2.86. The summed E-state index contributed by atoms with van der Waals surface area (Å²) in [6, 6.07) is 12.0. The van der Waals surface area contributed by atoms with Crippen LogP contribution in [0.25, 0.3) is 0 Å². The van der Waals surface area contributed by atoms with E-state index in [1.54, 1.807) is 0 Å². The van der Waals surface area contributed by atoms with Crippen LogP contribution in [0.4, 0.5) is 0 Å². The lowest BCUT2D eigenvalue weighted by molar-refractivity contribution is -0.135. The number of benzene rings is 1. The van der Waals surface area contributed by atoms with Crippen LogP contribution in [0, 0.1) is 0 Å². The molecule has 0 unspecified atom stereocenters. The summed E-state index contributed by atoms with van der Waals surface area (Å²) in [5, 5.41) is 7.91. The Kier molecular flexibility index (Phi) is 15.2. The largest absolute Gasteiger partial charge is 0.478 e. The molecule has 0 amide bonds. The summed E-state index contributed by atoms with van der Waals surface area (Å²) < 4.78 is 4.17. The van der Waals surface area contributed by atoms with Crippen molar-refractivity contribution in [3.05, 3.63) is 74.0 Å².